The lowest BCUT2D eigenvalue weighted by molar-refractivity contribution is -0.689. The van der Waals surface area contributed by atoms with Gasteiger partial charge in [0.05, 0.1) is 35.4 Å². The zero-order chi connectivity index (χ0) is 38.4. The monoisotopic (exact) mass is 822 g/mol. The van der Waals surface area contributed by atoms with E-state index in [2.05, 4.69) is 11.2 Å². The third-order valence-corrected chi connectivity index (χ3v) is 8.89. The van der Waals surface area contributed by atoms with Gasteiger partial charge in [0.2, 0.25) is 6.33 Å². The highest BCUT2D eigenvalue weighted by Crippen LogP contribution is 2.41. The summed E-state index contributed by atoms with van der Waals surface area (Å²) in [7, 11) is 0. The van der Waals surface area contributed by atoms with Crippen LogP contribution in [0, 0.1) is 36.8 Å². The lowest BCUT2D eigenvalue weighted by Gasteiger charge is -2.32. The number of hydrogen-bond donors (Lipinski definition) is 3. The van der Waals surface area contributed by atoms with Gasteiger partial charge < -0.3 is 37.7 Å². The molecule has 0 spiro atoms. The number of alkyl halides is 3. The topological polar surface area (TPSA) is 168 Å². The zero-order valence-corrected chi connectivity index (χ0v) is 30.6. The fraction of sp³-hybridized carbons (Fsp3) is 0.257. The fourth-order valence-electron chi connectivity index (χ4n) is 5.27. The molecule has 0 bridgehead atoms. The Morgan fingerprint density at radius 1 is 1.09 bits per heavy atom. The van der Waals surface area contributed by atoms with Crippen molar-refractivity contribution in [1.82, 2.24) is 14.8 Å². The Labute approximate surface area is 314 Å². The van der Waals surface area contributed by atoms with Gasteiger partial charge in [-0.25, -0.2) is 23.1 Å². The quantitative estimate of drug-likeness (QED) is 0.0829. The Morgan fingerprint density at radius 3 is 2.26 bits per heavy atom. The highest BCUT2D eigenvalue weighted by Gasteiger charge is 2.43. The van der Waals surface area contributed by atoms with Crippen molar-refractivity contribution in [3.05, 3.63) is 117 Å². The molecular formula is C35H32BrF5N6O5S. The van der Waals surface area contributed by atoms with Crippen molar-refractivity contribution in [2.75, 3.05) is 6.54 Å². The first-order valence-corrected chi connectivity index (χ1v) is 16.2. The summed E-state index contributed by atoms with van der Waals surface area (Å²) < 4.78 is 69.6. The van der Waals surface area contributed by atoms with Gasteiger partial charge in [-0.1, -0.05) is 25.1 Å². The maximum atomic E-state index is 15.3. The molecule has 2 heterocycles. The van der Waals surface area contributed by atoms with Crippen LogP contribution in [0.2, 0.25) is 0 Å². The van der Waals surface area contributed by atoms with Crippen molar-refractivity contribution in [3.8, 4) is 23.1 Å². The number of thiazole rings is 1. The maximum Gasteiger partial charge on any atom is 0.490 e. The van der Waals surface area contributed by atoms with Gasteiger partial charge in [0, 0.05) is 33.6 Å². The van der Waals surface area contributed by atoms with E-state index in [1.54, 1.807) is 48.4 Å². The van der Waals surface area contributed by atoms with Crippen molar-refractivity contribution < 1.29 is 68.0 Å². The molecule has 2 aromatic heterocycles. The van der Waals surface area contributed by atoms with E-state index in [4.69, 9.17) is 30.6 Å². The van der Waals surface area contributed by atoms with Crippen LogP contribution in [0.3, 0.4) is 0 Å². The number of aliphatic hydroxyl groups is 1. The van der Waals surface area contributed by atoms with Gasteiger partial charge in [-0.15, -0.1) is 16.0 Å². The Bertz CT molecular complexity index is 2100. The first kappa shape index (κ1) is 42.3. The lowest BCUT2D eigenvalue weighted by Crippen LogP contribution is -3.00. The average molecular weight is 824 g/mol. The molecule has 0 fully saturated rings. The van der Waals surface area contributed by atoms with Gasteiger partial charge in [0.15, 0.2) is 0 Å². The normalized spacial score (nSPS) is 12.7. The lowest BCUT2D eigenvalue weighted by atomic mass is 9.82. The van der Waals surface area contributed by atoms with Crippen LogP contribution in [0.5, 0.6) is 5.75 Å². The number of esters is 1. The van der Waals surface area contributed by atoms with Gasteiger partial charge in [-0.05, 0) is 60.9 Å². The number of ether oxygens (including phenoxy) is 1. The summed E-state index contributed by atoms with van der Waals surface area (Å²) in [4.78, 5) is 25.3. The van der Waals surface area contributed by atoms with Crippen LogP contribution < -0.4 is 32.0 Å². The number of carbonyl (C=O) groups excluding carboxylic acids is 1. The number of carboxylic acids is 1. The van der Waals surface area contributed by atoms with E-state index in [1.165, 1.54) is 22.1 Å². The van der Waals surface area contributed by atoms with Gasteiger partial charge in [0.1, 0.15) is 29.5 Å². The van der Waals surface area contributed by atoms with E-state index >= 15 is 4.39 Å². The summed E-state index contributed by atoms with van der Waals surface area (Å²) in [5.41, 5.74) is 7.89. The molecule has 5 aromatic rings. The van der Waals surface area contributed by atoms with E-state index in [-0.39, 0.29) is 35.6 Å². The standard InChI is InChI=1S/C33H31F2N6O3S.C2HF3O2.BrH/c1-20-10-24(11-21(2)31(20)44-30(42)14-37)15-40-18-38-41(19-40)17-33(43,27-9-8-26(34)12-28(27)35)22(3)32-39-29(16-45-32)25-6-4-23(13-36)5-7-25;3-2(4,5)1(6)7;/h4-12,16,18-19,22,43H,14-15,17,37H2,1-3H3;(H,6,7);1H/q+1;;/p-1. The number of rotatable bonds is 10. The largest absolute Gasteiger partial charge is 1.00 e. The molecular weight excluding hydrogens is 791 g/mol. The van der Waals surface area contributed by atoms with Crippen molar-refractivity contribution in [3.63, 3.8) is 0 Å². The third kappa shape index (κ3) is 10.5. The molecule has 0 radical (unpaired) electrons. The molecule has 18 heteroatoms. The van der Waals surface area contributed by atoms with Crippen LogP contribution in [0.25, 0.3) is 11.3 Å². The molecule has 2 atom stereocenters. The molecule has 0 saturated carbocycles. The number of nitrogens with two attached hydrogens (primary N) is 1. The minimum atomic E-state index is -5.08. The number of nitrogens with zero attached hydrogens (tertiary/aromatic N) is 5. The summed E-state index contributed by atoms with van der Waals surface area (Å²) in [6.45, 7) is 5.48. The number of halogens is 6. The van der Waals surface area contributed by atoms with E-state index < -0.39 is 41.3 Å². The Morgan fingerprint density at radius 2 is 1.72 bits per heavy atom. The fourth-order valence-corrected chi connectivity index (χ4v) is 6.24. The minimum Gasteiger partial charge on any atom is -1.00 e. The molecule has 0 aliphatic heterocycles. The molecule has 5 rings (SSSR count). The van der Waals surface area contributed by atoms with E-state index in [0.29, 0.717) is 28.6 Å². The first-order chi connectivity index (χ1) is 24.4. The van der Waals surface area contributed by atoms with Crippen molar-refractivity contribution in [2.45, 2.75) is 51.6 Å². The summed E-state index contributed by atoms with van der Waals surface area (Å²) in [5, 5.41) is 35.3. The predicted molar refractivity (Wildman–Crippen MR) is 177 cm³/mol. The molecule has 0 saturated heterocycles. The average Bonchev–Trinajstić information content (AvgIpc) is 3.75. The van der Waals surface area contributed by atoms with E-state index in [9.17, 15) is 27.5 Å². The predicted octanol–water partition coefficient (Wildman–Crippen LogP) is 2.30. The first-order valence-electron chi connectivity index (χ1n) is 15.3. The molecule has 280 valence electrons. The minimum absolute atomic E-state index is 0. The van der Waals surface area contributed by atoms with Crippen LogP contribution in [-0.4, -0.2) is 49.6 Å². The third-order valence-electron chi connectivity index (χ3n) is 7.86. The second-order valence-corrected chi connectivity index (χ2v) is 12.6. The van der Waals surface area contributed by atoms with E-state index in [0.717, 1.165) is 34.4 Å². The summed E-state index contributed by atoms with van der Waals surface area (Å²) in [6.07, 6.45) is -1.80. The Balaban J connectivity index is 0.000000860. The van der Waals surface area contributed by atoms with Gasteiger partial charge in [-0.3, -0.25) is 4.79 Å². The van der Waals surface area contributed by atoms with E-state index in [1.807, 2.05) is 31.4 Å². The van der Waals surface area contributed by atoms with Crippen LogP contribution in [0.4, 0.5) is 22.0 Å². The smallest absolute Gasteiger partial charge is 0.490 e. The molecule has 0 aliphatic carbocycles. The molecule has 0 aliphatic rings. The number of aryl methyl sites for hydroxylation is 2. The molecule has 4 N–H and O–H groups in total. The van der Waals surface area contributed by atoms with Crippen molar-refractivity contribution in [1.29, 1.82) is 5.26 Å². The molecule has 3 aromatic carbocycles. The number of nitriles is 1. The highest BCUT2D eigenvalue weighted by atomic mass is 79.9. The number of hydrogen-bond acceptors (Lipinski definition) is 9. The Hall–Kier alpha value is -5.09. The van der Waals surface area contributed by atoms with Crippen LogP contribution in [0.1, 0.15) is 45.7 Å². The van der Waals surface area contributed by atoms with Crippen LogP contribution in [-0.2, 0) is 28.3 Å². The number of carbonyl (C=O) groups is 2. The summed E-state index contributed by atoms with van der Waals surface area (Å²) in [5.74, 6) is -5.16. The van der Waals surface area contributed by atoms with Gasteiger partial charge in [0.25, 0.3) is 6.33 Å². The van der Waals surface area contributed by atoms with Crippen LogP contribution in [0.15, 0.2) is 72.6 Å². The molecule has 0 amide bonds. The Kier molecular flexibility index (Phi) is 14.1. The highest BCUT2D eigenvalue weighted by molar-refractivity contribution is 7.10. The number of aromatic nitrogens is 4. The zero-order valence-electron chi connectivity index (χ0n) is 28.2. The SMILES string of the molecule is Cc1cc(C[n+]2cnn(CC(O)(c3ccc(F)cc3F)C(C)c3nc(-c4ccc(C#N)cc4)cs3)c2)cc(C)c1OC(=O)CN.O=C(O)C(F)(F)F.[Br-]. The number of benzene rings is 3. The van der Waals surface area contributed by atoms with Gasteiger partial charge in [-0.2, -0.15) is 18.4 Å². The molecule has 2 unspecified atom stereocenters. The van der Waals surface area contributed by atoms with Crippen molar-refractivity contribution >= 4 is 23.3 Å². The van der Waals surface area contributed by atoms with Crippen molar-refractivity contribution in [2.24, 2.45) is 5.73 Å². The second kappa shape index (κ2) is 17.6. The summed E-state index contributed by atoms with van der Waals surface area (Å²) in [6, 6.07) is 16.0. The molecule has 11 nitrogen and oxygen atoms in total. The second-order valence-electron chi connectivity index (χ2n) is 11.7. The molecule has 53 heavy (non-hydrogen) atoms. The number of aliphatic carboxylic acids is 1. The summed E-state index contributed by atoms with van der Waals surface area (Å²) >= 11 is 1.31. The van der Waals surface area contributed by atoms with Gasteiger partial charge >= 0.3 is 18.1 Å². The van der Waals surface area contributed by atoms with Crippen LogP contribution >= 0.6 is 11.3 Å². The number of carboxylic acid groups (broad SMARTS) is 1. The maximum absolute atomic E-state index is 15.3.